The average Bonchev–Trinajstić information content (AvgIpc) is 3.37. The van der Waals surface area contributed by atoms with Gasteiger partial charge in [0.05, 0.1) is 0 Å². The Kier molecular flexibility index (Phi) is 10.9. The zero-order valence-corrected chi connectivity index (χ0v) is 34.4. The number of hydrogen-bond acceptors (Lipinski definition) is 0. The molecule has 0 aliphatic carbocycles. The predicted molar refractivity (Wildman–Crippen MR) is 263 cm³/mol. The van der Waals surface area contributed by atoms with Gasteiger partial charge in [-0.05, 0) is 100 Å². The van der Waals surface area contributed by atoms with Crippen molar-refractivity contribution < 1.29 is 0 Å². The van der Waals surface area contributed by atoms with E-state index in [0.717, 1.165) is 11.1 Å². The van der Waals surface area contributed by atoms with Crippen molar-refractivity contribution in [2.45, 2.75) is 0 Å². The van der Waals surface area contributed by atoms with Gasteiger partial charge >= 0.3 is 0 Å². The van der Waals surface area contributed by atoms with Crippen LogP contribution in [0.5, 0.6) is 0 Å². The first-order chi connectivity index (χ1) is 30.8. The topological polar surface area (TPSA) is 0 Å². The predicted octanol–water partition coefficient (Wildman–Crippen LogP) is 16.7. The molecular weight excluding hydrogens is 745 g/mol. The van der Waals surface area contributed by atoms with Crippen molar-refractivity contribution >= 4 is 11.1 Å². The third-order valence-corrected chi connectivity index (χ3v) is 11.7. The third kappa shape index (κ3) is 7.51. The van der Waals surface area contributed by atoms with Gasteiger partial charge in [0.15, 0.2) is 0 Å². The zero-order chi connectivity index (χ0) is 41.5. The SMILES string of the molecule is c1ccc(C(=C(c2ccccc2)c2ccc(-c3c(-c4ccccc4)c(-c4ccccc4)c(-c4ccccc4)c(-c4ccccc4)c3-c3ccccc3)cc2)c2ccccc2)cc1. The fourth-order valence-corrected chi connectivity index (χ4v) is 9.03. The molecule has 0 radical (unpaired) electrons. The Morgan fingerprint density at radius 3 is 0.516 bits per heavy atom. The van der Waals surface area contributed by atoms with E-state index in [1.807, 2.05) is 0 Å². The molecule has 0 aliphatic heterocycles. The van der Waals surface area contributed by atoms with Crippen LogP contribution in [-0.2, 0) is 0 Å². The quantitative estimate of drug-likeness (QED) is 0.121. The molecule has 10 aromatic carbocycles. The number of hydrogen-bond donors (Lipinski definition) is 0. The minimum atomic E-state index is 1.15. The van der Waals surface area contributed by atoms with E-state index in [9.17, 15) is 0 Å². The van der Waals surface area contributed by atoms with E-state index in [0.29, 0.717) is 0 Å². The third-order valence-electron chi connectivity index (χ3n) is 11.7. The standard InChI is InChI=1S/C62H44/c1-9-25-45(26-10-1)55(46-27-11-2-12-28-46)56(47-29-13-3-14-30-47)53-41-43-54(44-42-53)62-60(51-37-21-7-22-38-51)58(49-33-17-5-18-34-49)57(48-31-15-4-16-32-48)59(50-35-19-6-20-36-50)61(62)52-39-23-8-24-40-52/h1-44H. The molecule has 10 aromatic rings. The van der Waals surface area contributed by atoms with Crippen molar-refractivity contribution in [2.24, 2.45) is 0 Å². The van der Waals surface area contributed by atoms with E-state index in [4.69, 9.17) is 0 Å². The Morgan fingerprint density at radius 2 is 0.306 bits per heavy atom. The summed E-state index contributed by atoms with van der Waals surface area (Å²) >= 11 is 0. The van der Waals surface area contributed by atoms with Crippen LogP contribution in [0.25, 0.3) is 77.9 Å². The summed E-state index contributed by atoms with van der Waals surface area (Å²) in [6.45, 7) is 0. The van der Waals surface area contributed by atoms with Gasteiger partial charge in [-0.1, -0.05) is 267 Å². The zero-order valence-electron chi connectivity index (χ0n) is 34.4. The molecule has 0 nitrogen and oxygen atoms in total. The van der Waals surface area contributed by atoms with Crippen LogP contribution in [0, 0.1) is 0 Å². The van der Waals surface area contributed by atoms with Crippen LogP contribution in [-0.4, -0.2) is 0 Å². The summed E-state index contributed by atoms with van der Waals surface area (Å²) in [5.74, 6) is 0. The minimum absolute atomic E-state index is 1.15. The summed E-state index contributed by atoms with van der Waals surface area (Å²) in [5, 5.41) is 0. The van der Waals surface area contributed by atoms with Crippen molar-refractivity contribution in [2.75, 3.05) is 0 Å². The first kappa shape index (κ1) is 38.2. The molecule has 0 amide bonds. The van der Waals surface area contributed by atoms with Gasteiger partial charge in [-0.15, -0.1) is 0 Å². The highest BCUT2D eigenvalue weighted by Crippen LogP contribution is 2.56. The van der Waals surface area contributed by atoms with Crippen molar-refractivity contribution in [3.8, 4) is 66.8 Å². The van der Waals surface area contributed by atoms with E-state index in [-0.39, 0.29) is 0 Å². The second-order valence-corrected chi connectivity index (χ2v) is 15.5. The number of benzene rings is 10. The van der Waals surface area contributed by atoms with Crippen LogP contribution in [0.3, 0.4) is 0 Å². The minimum Gasteiger partial charge on any atom is -0.0622 e. The van der Waals surface area contributed by atoms with E-state index < -0.39 is 0 Å². The van der Waals surface area contributed by atoms with E-state index in [2.05, 4.69) is 267 Å². The molecule has 0 atom stereocenters. The summed E-state index contributed by atoms with van der Waals surface area (Å²) < 4.78 is 0. The van der Waals surface area contributed by atoms with Crippen LogP contribution in [0.1, 0.15) is 22.3 Å². The van der Waals surface area contributed by atoms with Gasteiger partial charge in [-0.25, -0.2) is 0 Å². The molecule has 0 saturated heterocycles. The molecule has 0 aliphatic rings. The largest absolute Gasteiger partial charge is 0.0622 e. The Bertz CT molecular complexity index is 2920. The van der Waals surface area contributed by atoms with Crippen LogP contribution in [0.4, 0.5) is 0 Å². The van der Waals surface area contributed by atoms with Crippen molar-refractivity contribution in [3.63, 3.8) is 0 Å². The molecule has 10 rings (SSSR count). The lowest BCUT2D eigenvalue weighted by atomic mass is 9.74. The fourth-order valence-electron chi connectivity index (χ4n) is 9.03. The molecular formula is C62H44. The molecule has 0 fully saturated rings. The number of rotatable bonds is 10. The fraction of sp³-hybridized carbons (Fsp3) is 0. The van der Waals surface area contributed by atoms with Crippen LogP contribution < -0.4 is 0 Å². The highest BCUT2D eigenvalue weighted by molar-refractivity contribution is 6.15. The second kappa shape index (κ2) is 17.7. The summed E-state index contributed by atoms with van der Waals surface area (Å²) in [5.41, 5.74) is 21.3. The van der Waals surface area contributed by atoms with E-state index >= 15 is 0 Å². The Balaban J connectivity index is 1.35. The molecule has 0 spiro atoms. The maximum Gasteiger partial charge on any atom is -0.00139 e. The lowest BCUT2D eigenvalue weighted by Gasteiger charge is -2.29. The maximum atomic E-state index is 2.35. The van der Waals surface area contributed by atoms with Crippen molar-refractivity contribution in [3.05, 3.63) is 289 Å². The smallest absolute Gasteiger partial charge is 0.00139 e. The van der Waals surface area contributed by atoms with Gasteiger partial charge in [0.1, 0.15) is 0 Å². The van der Waals surface area contributed by atoms with Crippen molar-refractivity contribution in [1.82, 2.24) is 0 Å². The molecule has 0 bridgehead atoms. The average molecular weight is 789 g/mol. The highest BCUT2D eigenvalue weighted by Gasteiger charge is 2.29. The first-order valence-corrected chi connectivity index (χ1v) is 21.4. The van der Waals surface area contributed by atoms with Crippen molar-refractivity contribution in [1.29, 1.82) is 0 Å². The summed E-state index contributed by atoms with van der Waals surface area (Å²) in [4.78, 5) is 0. The van der Waals surface area contributed by atoms with Gasteiger partial charge < -0.3 is 0 Å². The van der Waals surface area contributed by atoms with Crippen LogP contribution in [0.2, 0.25) is 0 Å². The molecule has 0 N–H and O–H groups in total. The first-order valence-electron chi connectivity index (χ1n) is 21.4. The molecule has 0 saturated carbocycles. The maximum absolute atomic E-state index is 2.35. The van der Waals surface area contributed by atoms with Crippen LogP contribution in [0.15, 0.2) is 267 Å². The van der Waals surface area contributed by atoms with Gasteiger partial charge in [0.2, 0.25) is 0 Å². The Morgan fingerprint density at radius 1 is 0.145 bits per heavy atom. The normalized spacial score (nSPS) is 10.9. The second-order valence-electron chi connectivity index (χ2n) is 15.5. The van der Waals surface area contributed by atoms with Crippen LogP contribution >= 0.6 is 0 Å². The Labute approximate surface area is 365 Å². The lowest BCUT2D eigenvalue weighted by Crippen LogP contribution is -2.02. The molecule has 0 heteroatoms. The van der Waals surface area contributed by atoms with Gasteiger partial charge in [0, 0.05) is 0 Å². The summed E-state index contributed by atoms with van der Waals surface area (Å²) in [6.07, 6.45) is 0. The molecule has 0 aromatic heterocycles. The lowest BCUT2D eigenvalue weighted by molar-refractivity contribution is 1.49. The Hall–Kier alpha value is -8.06. The molecule has 0 heterocycles. The molecule has 292 valence electrons. The van der Waals surface area contributed by atoms with Gasteiger partial charge in [-0.2, -0.15) is 0 Å². The van der Waals surface area contributed by atoms with Gasteiger partial charge in [-0.3, -0.25) is 0 Å². The summed E-state index contributed by atoms with van der Waals surface area (Å²) in [7, 11) is 0. The molecule has 0 unspecified atom stereocenters. The van der Waals surface area contributed by atoms with E-state index in [1.165, 1.54) is 89.0 Å². The molecule has 62 heavy (non-hydrogen) atoms. The summed E-state index contributed by atoms with van der Waals surface area (Å²) in [6, 6.07) is 96.7. The van der Waals surface area contributed by atoms with Gasteiger partial charge in [0.25, 0.3) is 0 Å². The highest BCUT2D eigenvalue weighted by atomic mass is 14.3. The van der Waals surface area contributed by atoms with E-state index in [1.54, 1.807) is 0 Å². The monoisotopic (exact) mass is 788 g/mol.